The standard InChI is InChI=1S/C15H9F2N3O5/c16-8-1-3-11(10(17)5-8)18-14(21)7-19-12-4-2-9(20(23)24)6-13(12)25-15(19)22/h1-6H,7H2,(H,18,21). The molecule has 1 heterocycles. The highest BCUT2D eigenvalue weighted by Crippen LogP contribution is 2.20. The number of halogens is 2. The molecule has 3 rings (SSSR count). The molecule has 1 aromatic heterocycles. The van der Waals surface area contributed by atoms with Crippen LogP contribution >= 0.6 is 0 Å². The van der Waals surface area contributed by atoms with Gasteiger partial charge in [0.15, 0.2) is 5.58 Å². The maximum Gasteiger partial charge on any atom is 0.420 e. The lowest BCUT2D eigenvalue weighted by molar-refractivity contribution is -0.384. The largest absolute Gasteiger partial charge is 0.420 e. The zero-order chi connectivity index (χ0) is 18.1. The third kappa shape index (κ3) is 3.22. The summed E-state index contributed by atoms with van der Waals surface area (Å²) in [6.45, 7) is -0.513. The van der Waals surface area contributed by atoms with E-state index < -0.39 is 34.8 Å². The quantitative estimate of drug-likeness (QED) is 0.575. The molecule has 128 valence electrons. The molecule has 0 unspecified atom stereocenters. The molecule has 0 aliphatic heterocycles. The van der Waals surface area contributed by atoms with Crippen molar-refractivity contribution in [2.75, 3.05) is 5.32 Å². The number of nitro groups is 1. The fraction of sp³-hybridized carbons (Fsp3) is 0.0667. The summed E-state index contributed by atoms with van der Waals surface area (Å²) in [4.78, 5) is 33.9. The van der Waals surface area contributed by atoms with Gasteiger partial charge in [-0.1, -0.05) is 0 Å². The topological polar surface area (TPSA) is 107 Å². The molecule has 0 aliphatic carbocycles. The van der Waals surface area contributed by atoms with Gasteiger partial charge in [-0.15, -0.1) is 0 Å². The summed E-state index contributed by atoms with van der Waals surface area (Å²) < 4.78 is 32.2. The van der Waals surface area contributed by atoms with E-state index >= 15 is 0 Å². The van der Waals surface area contributed by atoms with Crippen LogP contribution in [0.5, 0.6) is 0 Å². The number of nitro benzene ring substituents is 1. The SMILES string of the molecule is O=C(Cn1c(=O)oc2cc([N+](=O)[O-])ccc21)Nc1ccc(F)cc1F. The van der Waals surface area contributed by atoms with Crippen molar-refractivity contribution >= 4 is 28.4 Å². The van der Waals surface area contributed by atoms with Gasteiger partial charge in [0.05, 0.1) is 22.2 Å². The zero-order valence-corrected chi connectivity index (χ0v) is 12.4. The van der Waals surface area contributed by atoms with Crippen LogP contribution in [0.25, 0.3) is 11.1 Å². The molecule has 0 aliphatic rings. The number of nitrogens with zero attached hydrogens (tertiary/aromatic N) is 2. The highest BCUT2D eigenvalue weighted by Gasteiger charge is 2.17. The van der Waals surface area contributed by atoms with Gasteiger partial charge in [-0.2, -0.15) is 0 Å². The average molecular weight is 349 g/mol. The third-order valence-electron chi connectivity index (χ3n) is 3.37. The summed E-state index contributed by atoms with van der Waals surface area (Å²) in [6, 6.07) is 6.10. The molecule has 3 aromatic rings. The van der Waals surface area contributed by atoms with E-state index in [1.54, 1.807) is 0 Å². The van der Waals surface area contributed by atoms with Gasteiger partial charge in [0.25, 0.3) is 5.69 Å². The average Bonchev–Trinajstić information content (AvgIpc) is 2.85. The number of benzene rings is 2. The number of carbonyl (C=O) groups excluding carboxylic acids is 1. The molecule has 0 saturated carbocycles. The van der Waals surface area contributed by atoms with Crippen LogP contribution in [0.1, 0.15) is 0 Å². The lowest BCUT2D eigenvalue weighted by atomic mass is 10.3. The molecular weight excluding hydrogens is 340 g/mol. The fourth-order valence-corrected chi connectivity index (χ4v) is 2.24. The van der Waals surface area contributed by atoms with Gasteiger partial charge in [0, 0.05) is 12.1 Å². The minimum absolute atomic E-state index is 0.0556. The smallest absolute Gasteiger partial charge is 0.407 e. The Morgan fingerprint density at radius 2 is 2.00 bits per heavy atom. The summed E-state index contributed by atoms with van der Waals surface area (Å²) in [5.74, 6) is -3.42. The maximum atomic E-state index is 13.5. The number of nitrogens with one attached hydrogen (secondary N) is 1. The second-order valence-electron chi connectivity index (χ2n) is 5.04. The molecule has 25 heavy (non-hydrogen) atoms. The number of anilines is 1. The van der Waals surface area contributed by atoms with Crippen molar-refractivity contribution in [3.63, 3.8) is 0 Å². The Bertz CT molecular complexity index is 1060. The monoisotopic (exact) mass is 349 g/mol. The Hall–Kier alpha value is -3.56. The summed E-state index contributed by atoms with van der Waals surface area (Å²) >= 11 is 0. The van der Waals surface area contributed by atoms with Crippen molar-refractivity contribution in [3.05, 3.63) is 68.7 Å². The Morgan fingerprint density at radius 3 is 2.68 bits per heavy atom. The zero-order valence-electron chi connectivity index (χ0n) is 12.4. The van der Waals surface area contributed by atoms with Crippen LogP contribution in [0.3, 0.4) is 0 Å². The minimum atomic E-state index is -0.964. The van der Waals surface area contributed by atoms with E-state index in [-0.39, 0.29) is 22.5 Å². The van der Waals surface area contributed by atoms with Gasteiger partial charge < -0.3 is 9.73 Å². The number of non-ortho nitro benzene ring substituents is 1. The second-order valence-corrected chi connectivity index (χ2v) is 5.04. The van der Waals surface area contributed by atoms with Gasteiger partial charge in [-0.05, 0) is 18.2 Å². The molecule has 2 aromatic carbocycles. The molecule has 10 heteroatoms. The van der Waals surface area contributed by atoms with E-state index in [9.17, 15) is 28.5 Å². The Morgan fingerprint density at radius 1 is 1.24 bits per heavy atom. The van der Waals surface area contributed by atoms with Crippen molar-refractivity contribution in [1.29, 1.82) is 0 Å². The van der Waals surface area contributed by atoms with Gasteiger partial charge in [-0.25, -0.2) is 13.6 Å². The first kappa shape index (κ1) is 16.3. The second kappa shape index (κ2) is 6.15. The Balaban J connectivity index is 1.87. The predicted molar refractivity (Wildman–Crippen MR) is 82.1 cm³/mol. The van der Waals surface area contributed by atoms with E-state index in [0.29, 0.717) is 6.07 Å². The van der Waals surface area contributed by atoms with Crippen molar-refractivity contribution in [3.8, 4) is 0 Å². The van der Waals surface area contributed by atoms with Crippen LogP contribution in [-0.2, 0) is 11.3 Å². The molecule has 8 nitrogen and oxygen atoms in total. The Labute approximate surface area is 137 Å². The van der Waals surface area contributed by atoms with Crippen molar-refractivity contribution in [2.45, 2.75) is 6.54 Å². The highest BCUT2D eigenvalue weighted by molar-refractivity contribution is 5.91. The molecular formula is C15H9F2N3O5. The minimum Gasteiger partial charge on any atom is -0.407 e. The van der Waals surface area contributed by atoms with Crippen molar-refractivity contribution < 1.29 is 22.9 Å². The maximum absolute atomic E-state index is 13.5. The molecule has 0 radical (unpaired) electrons. The number of amides is 1. The van der Waals surface area contributed by atoms with Crippen molar-refractivity contribution in [2.24, 2.45) is 0 Å². The van der Waals surface area contributed by atoms with Crippen LogP contribution in [0.4, 0.5) is 20.2 Å². The van der Waals surface area contributed by atoms with Crippen LogP contribution in [0, 0.1) is 21.7 Å². The fourth-order valence-electron chi connectivity index (χ4n) is 2.24. The van der Waals surface area contributed by atoms with Crippen LogP contribution in [0.2, 0.25) is 0 Å². The van der Waals surface area contributed by atoms with E-state index in [0.717, 1.165) is 28.8 Å². The third-order valence-corrected chi connectivity index (χ3v) is 3.37. The first-order chi connectivity index (χ1) is 11.8. The number of carbonyl (C=O) groups is 1. The van der Waals surface area contributed by atoms with Gasteiger partial charge in [-0.3, -0.25) is 19.5 Å². The number of aromatic nitrogens is 1. The molecule has 0 fully saturated rings. The summed E-state index contributed by atoms with van der Waals surface area (Å²) in [5.41, 5.74) is -0.403. The van der Waals surface area contributed by atoms with Gasteiger partial charge in [0.2, 0.25) is 5.91 Å². The van der Waals surface area contributed by atoms with Crippen LogP contribution in [-0.4, -0.2) is 15.4 Å². The summed E-state index contributed by atoms with van der Waals surface area (Å²) in [7, 11) is 0. The first-order valence-corrected chi connectivity index (χ1v) is 6.88. The summed E-state index contributed by atoms with van der Waals surface area (Å²) in [5, 5.41) is 12.9. The normalized spacial score (nSPS) is 10.8. The van der Waals surface area contributed by atoms with E-state index in [2.05, 4.69) is 5.32 Å². The molecule has 1 amide bonds. The number of oxazole rings is 1. The summed E-state index contributed by atoms with van der Waals surface area (Å²) in [6.07, 6.45) is 0. The number of hydrogen-bond donors (Lipinski definition) is 1. The van der Waals surface area contributed by atoms with Crippen molar-refractivity contribution in [1.82, 2.24) is 4.57 Å². The Kier molecular flexibility index (Phi) is 4.01. The molecule has 0 saturated heterocycles. The van der Waals surface area contributed by atoms with E-state index in [4.69, 9.17) is 4.42 Å². The van der Waals surface area contributed by atoms with E-state index in [1.165, 1.54) is 6.07 Å². The van der Waals surface area contributed by atoms with Gasteiger partial charge >= 0.3 is 5.76 Å². The molecule has 0 spiro atoms. The number of rotatable bonds is 4. The predicted octanol–water partition coefficient (Wildman–Crippen LogP) is 2.42. The molecule has 1 N–H and O–H groups in total. The molecule has 0 atom stereocenters. The number of hydrogen-bond acceptors (Lipinski definition) is 5. The van der Waals surface area contributed by atoms with Crippen LogP contribution in [0.15, 0.2) is 45.6 Å². The highest BCUT2D eigenvalue weighted by atomic mass is 19.1. The lowest BCUT2D eigenvalue weighted by Crippen LogP contribution is -2.25. The van der Waals surface area contributed by atoms with E-state index in [1.807, 2.05) is 0 Å². The van der Waals surface area contributed by atoms with Gasteiger partial charge in [0.1, 0.15) is 18.2 Å². The number of fused-ring (bicyclic) bond motifs is 1. The van der Waals surface area contributed by atoms with Crippen LogP contribution < -0.4 is 11.1 Å². The molecule has 0 bridgehead atoms. The lowest BCUT2D eigenvalue weighted by Gasteiger charge is -2.06. The first-order valence-electron chi connectivity index (χ1n) is 6.88.